The molecule has 1 aromatic rings. The van der Waals surface area contributed by atoms with Crippen LogP contribution in [0.2, 0.25) is 0 Å². The second kappa shape index (κ2) is 8.06. The van der Waals surface area contributed by atoms with Gasteiger partial charge in [-0.15, -0.1) is 0 Å². The zero-order chi connectivity index (χ0) is 19.6. The summed E-state index contributed by atoms with van der Waals surface area (Å²) in [6.07, 6.45) is 1.41. The van der Waals surface area contributed by atoms with Crippen LogP contribution in [0.5, 0.6) is 0 Å². The molecule has 1 N–H and O–H groups in total. The maximum atomic E-state index is 12.7. The van der Waals surface area contributed by atoms with Gasteiger partial charge in [0.25, 0.3) is 10.2 Å². The Morgan fingerprint density at radius 2 is 1.81 bits per heavy atom. The summed E-state index contributed by atoms with van der Waals surface area (Å²) in [6, 6.07) is 4.15. The molecule has 2 rings (SSSR count). The number of amides is 1. The average Bonchev–Trinajstić information content (AvgIpc) is 2.57. The van der Waals surface area contributed by atoms with Gasteiger partial charge in [0.2, 0.25) is 5.91 Å². The highest BCUT2D eigenvalue weighted by Crippen LogP contribution is 2.24. The molecule has 1 heterocycles. The Morgan fingerprint density at radius 1 is 1.19 bits per heavy atom. The smallest absolute Gasteiger partial charge is 0.281 e. The van der Waals surface area contributed by atoms with E-state index >= 15 is 0 Å². The Balaban J connectivity index is 2.09. The monoisotopic (exact) mass is 381 g/mol. The molecular formula is C19H31N3O3S. The summed E-state index contributed by atoms with van der Waals surface area (Å²) >= 11 is 0. The van der Waals surface area contributed by atoms with Gasteiger partial charge in [0.15, 0.2) is 0 Å². The number of piperidine rings is 1. The number of benzene rings is 1. The van der Waals surface area contributed by atoms with Gasteiger partial charge in [0.05, 0.1) is 12.0 Å². The number of carbonyl (C=O) groups excluding carboxylic acids is 1. The average molecular weight is 382 g/mol. The predicted octanol–water partition coefficient (Wildman–Crippen LogP) is 2.31. The van der Waals surface area contributed by atoms with Crippen molar-refractivity contribution >= 4 is 16.1 Å². The van der Waals surface area contributed by atoms with Crippen LogP contribution in [0, 0.1) is 26.7 Å². The van der Waals surface area contributed by atoms with Crippen molar-refractivity contribution < 1.29 is 13.2 Å². The van der Waals surface area contributed by atoms with Crippen LogP contribution in [0.1, 0.15) is 48.1 Å². The second-order valence-corrected chi connectivity index (χ2v) is 9.65. The van der Waals surface area contributed by atoms with Crippen LogP contribution in [-0.2, 0) is 15.0 Å². The third kappa shape index (κ3) is 4.45. The first-order chi connectivity index (χ1) is 12.0. The standard InChI is InChI=1S/C19H31N3O3S/c1-13-10-15(3)18(11-14(13)2)16(4)20-19(23)17-8-7-9-22(12-17)26(24,25)21(5)6/h10-11,16-17H,7-9,12H2,1-6H3,(H,20,23)/t16-,17+/m0/s1. The molecule has 1 aliphatic heterocycles. The number of rotatable bonds is 5. The molecule has 1 amide bonds. The predicted molar refractivity (Wildman–Crippen MR) is 104 cm³/mol. The molecular weight excluding hydrogens is 350 g/mol. The van der Waals surface area contributed by atoms with Gasteiger partial charge < -0.3 is 5.32 Å². The van der Waals surface area contributed by atoms with Crippen molar-refractivity contribution in [3.63, 3.8) is 0 Å². The Morgan fingerprint density at radius 3 is 2.42 bits per heavy atom. The van der Waals surface area contributed by atoms with Crippen molar-refractivity contribution in [2.24, 2.45) is 5.92 Å². The lowest BCUT2D eigenvalue weighted by atomic mass is 9.95. The number of hydrogen-bond acceptors (Lipinski definition) is 3. The summed E-state index contributed by atoms with van der Waals surface area (Å²) in [5, 5.41) is 3.08. The third-order valence-corrected chi connectivity index (χ3v) is 7.16. The summed E-state index contributed by atoms with van der Waals surface area (Å²) in [5.74, 6) is -0.387. The molecule has 0 aliphatic carbocycles. The fourth-order valence-electron chi connectivity index (χ4n) is 3.46. The molecule has 0 spiro atoms. The molecule has 0 aromatic heterocycles. The maximum Gasteiger partial charge on any atom is 0.281 e. The van der Waals surface area contributed by atoms with Crippen LogP contribution in [0.4, 0.5) is 0 Å². The van der Waals surface area contributed by atoms with Crippen molar-refractivity contribution in [2.45, 2.75) is 46.6 Å². The van der Waals surface area contributed by atoms with Crippen molar-refractivity contribution in [3.05, 3.63) is 34.4 Å². The van der Waals surface area contributed by atoms with Crippen LogP contribution >= 0.6 is 0 Å². The Kier molecular flexibility index (Phi) is 6.47. The highest BCUT2D eigenvalue weighted by Gasteiger charge is 2.33. The minimum atomic E-state index is -3.48. The summed E-state index contributed by atoms with van der Waals surface area (Å²) in [5.41, 5.74) is 4.70. The van der Waals surface area contributed by atoms with Crippen LogP contribution in [-0.4, -0.2) is 50.1 Å². The van der Waals surface area contributed by atoms with Gasteiger partial charge in [-0.2, -0.15) is 17.0 Å². The van der Waals surface area contributed by atoms with E-state index in [-0.39, 0.29) is 24.4 Å². The molecule has 1 saturated heterocycles. The summed E-state index contributed by atoms with van der Waals surface area (Å²) in [6.45, 7) is 8.89. The fourth-order valence-corrected chi connectivity index (χ4v) is 4.65. The number of nitrogens with zero attached hydrogens (tertiary/aromatic N) is 2. The van der Waals surface area contributed by atoms with E-state index in [4.69, 9.17) is 0 Å². The van der Waals surface area contributed by atoms with Crippen molar-refractivity contribution in [1.82, 2.24) is 13.9 Å². The minimum Gasteiger partial charge on any atom is -0.349 e. The highest BCUT2D eigenvalue weighted by atomic mass is 32.2. The molecule has 1 aromatic carbocycles. The first-order valence-electron chi connectivity index (χ1n) is 9.09. The van der Waals surface area contributed by atoms with Gasteiger partial charge in [-0.25, -0.2) is 0 Å². The number of aryl methyl sites for hydroxylation is 3. The van der Waals surface area contributed by atoms with E-state index in [1.54, 1.807) is 0 Å². The van der Waals surface area contributed by atoms with Gasteiger partial charge in [-0.3, -0.25) is 4.79 Å². The Labute approximate surface area is 157 Å². The number of carbonyl (C=O) groups is 1. The third-order valence-electron chi connectivity index (χ3n) is 5.25. The molecule has 26 heavy (non-hydrogen) atoms. The molecule has 7 heteroatoms. The molecule has 0 unspecified atom stereocenters. The molecule has 0 radical (unpaired) electrons. The SMILES string of the molecule is Cc1cc(C)c([C@H](C)NC(=O)[C@@H]2CCCN(S(=O)(=O)N(C)C)C2)cc1C. The molecule has 2 atom stereocenters. The van der Waals surface area contributed by atoms with Crippen LogP contribution in [0.3, 0.4) is 0 Å². The first-order valence-corrected chi connectivity index (χ1v) is 10.5. The van der Waals surface area contributed by atoms with Gasteiger partial charge >= 0.3 is 0 Å². The van der Waals surface area contributed by atoms with E-state index in [0.717, 1.165) is 11.1 Å². The van der Waals surface area contributed by atoms with E-state index in [9.17, 15) is 13.2 Å². The van der Waals surface area contributed by atoms with E-state index in [0.29, 0.717) is 19.4 Å². The lowest BCUT2D eigenvalue weighted by molar-refractivity contribution is -0.126. The number of hydrogen-bond donors (Lipinski definition) is 1. The van der Waals surface area contributed by atoms with Crippen LogP contribution < -0.4 is 5.32 Å². The lowest BCUT2D eigenvalue weighted by Crippen LogP contribution is -2.49. The van der Waals surface area contributed by atoms with Crippen LogP contribution in [0.25, 0.3) is 0 Å². The van der Waals surface area contributed by atoms with Gasteiger partial charge in [-0.1, -0.05) is 12.1 Å². The van der Waals surface area contributed by atoms with E-state index < -0.39 is 10.2 Å². The molecule has 0 saturated carbocycles. The topological polar surface area (TPSA) is 69.7 Å². The van der Waals surface area contributed by atoms with Gasteiger partial charge in [-0.05, 0) is 62.8 Å². The van der Waals surface area contributed by atoms with Crippen molar-refractivity contribution in [1.29, 1.82) is 0 Å². The molecule has 1 fully saturated rings. The Bertz CT molecular complexity index is 774. The Hall–Kier alpha value is -1.44. The van der Waals surface area contributed by atoms with Crippen LogP contribution in [0.15, 0.2) is 12.1 Å². The summed E-state index contributed by atoms with van der Waals surface area (Å²) in [7, 11) is -0.443. The van der Waals surface area contributed by atoms with E-state index in [1.165, 1.54) is 33.8 Å². The maximum absolute atomic E-state index is 12.7. The van der Waals surface area contributed by atoms with Crippen molar-refractivity contribution in [2.75, 3.05) is 27.2 Å². The summed E-state index contributed by atoms with van der Waals surface area (Å²) in [4.78, 5) is 12.7. The summed E-state index contributed by atoms with van der Waals surface area (Å²) < 4.78 is 27.3. The zero-order valence-electron chi connectivity index (χ0n) is 16.7. The van der Waals surface area contributed by atoms with Crippen molar-refractivity contribution in [3.8, 4) is 0 Å². The lowest BCUT2D eigenvalue weighted by Gasteiger charge is -2.33. The molecule has 146 valence electrons. The van der Waals surface area contributed by atoms with Gasteiger partial charge in [0.1, 0.15) is 0 Å². The molecule has 1 aliphatic rings. The largest absolute Gasteiger partial charge is 0.349 e. The normalized spacial score (nSPS) is 20.2. The van der Waals surface area contributed by atoms with Gasteiger partial charge in [0, 0.05) is 27.2 Å². The van der Waals surface area contributed by atoms with E-state index in [2.05, 4.69) is 38.2 Å². The number of nitrogens with one attached hydrogen (secondary N) is 1. The van der Waals surface area contributed by atoms with E-state index in [1.807, 2.05) is 6.92 Å². The second-order valence-electron chi connectivity index (χ2n) is 7.51. The highest BCUT2D eigenvalue weighted by molar-refractivity contribution is 7.86. The molecule has 0 bridgehead atoms. The minimum absolute atomic E-state index is 0.0752. The first kappa shape index (κ1) is 20.9. The molecule has 6 nitrogen and oxygen atoms in total. The zero-order valence-corrected chi connectivity index (χ0v) is 17.5. The quantitative estimate of drug-likeness (QED) is 0.851. The fraction of sp³-hybridized carbons (Fsp3) is 0.632.